The van der Waals surface area contributed by atoms with Crippen molar-refractivity contribution >= 4 is 29.0 Å². The zero-order valence-electron chi connectivity index (χ0n) is 15.4. The van der Waals surface area contributed by atoms with E-state index < -0.39 is 0 Å². The number of nitrogens with zero attached hydrogens (tertiary/aromatic N) is 3. The number of hydrogen-bond donors (Lipinski definition) is 2. The fourth-order valence-electron chi connectivity index (χ4n) is 5.77. The Morgan fingerprint density at radius 2 is 1.96 bits per heavy atom. The summed E-state index contributed by atoms with van der Waals surface area (Å²) < 4.78 is 1.49. The van der Waals surface area contributed by atoms with E-state index in [-0.39, 0.29) is 16.7 Å². The molecular formula is C19H25N5OS2. The third-order valence-corrected chi connectivity index (χ3v) is 8.41. The van der Waals surface area contributed by atoms with Crippen LogP contribution in [0.3, 0.4) is 0 Å². The van der Waals surface area contributed by atoms with E-state index >= 15 is 0 Å². The molecule has 0 aliphatic heterocycles. The predicted molar refractivity (Wildman–Crippen MR) is 108 cm³/mol. The van der Waals surface area contributed by atoms with E-state index in [0.29, 0.717) is 11.0 Å². The highest BCUT2D eigenvalue weighted by Crippen LogP contribution is 2.55. The molecule has 6 rings (SSSR count). The van der Waals surface area contributed by atoms with Gasteiger partial charge < -0.3 is 11.2 Å². The number of amides is 1. The molecule has 4 aliphatic carbocycles. The van der Waals surface area contributed by atoms with Crippen LogP contribution in [0, 0.1) is 17.8 Å². The van der Waals surface area contributed by atoms with Crippen LogP contribution in [0.4, 0.5) is 0 Å². The summed E-state index contributed by atoms with van der Waals surface area (Å²) in [6.07, 6.45) is 7.62. The van der Waals surface area contributed by atoms with Gasteiger partial charge in [0.05, 0.1) is 10.1 Å². The molecule has 3 N–H and O–H groups in total. The van der Waals surface area contributed by atoms with Crippen molar-refractivity contribution in [2.45, 2.75) is 61.4 Å². The van der Waals surface area contributed by atoms with Crippen LogP contribution in [0.1, 0.15) is 45.4 Å². The van der Waals surface area contributed by atoms with Crippen LogP contribution >= 0.6 is 23.1 Å². The summed E-state index contributed by atoms with van der Waals surface area (Å²) in [7, 11) is 0. The summed E-state index contributed by atoms with van der Waals surface area (Å²) in [4.78, 5) is 13.9. The number of thiophene rings is 1. The maximum atomic E-state index is 13.0. The van der Waals surface area contributed by atoms with Crippen LogP contribution in [-0.2, 0) is 4.79 Å². The fraction of sp³-hybridized carbons (Fsp3) is 0.632. The molecule has 144 valence electrons. The van der Waals surface area contributed by atoms with Crippen LogP contribution in [0.25, 0.3) is 10.7 Å². The summed E-state index contributed by atoms with van der Waals surface area (Å²) in [6.45, 7) is 1.93. The lowest BCUT2D eigenvalue weighted by molar-refractivity contribution is -0.126. The summed E-state index contributed by atoms with van der Waals surface area (Å²) in [5.41, 5.74) is 0.0408. The highest BCUT2D eigenvalue weighted by molar-refractivity contribution is 8.00. The molecule has 0 saturated heterocycles. The average molecular weight is 404 g/mol. The summed E-state index contributed by atoms with van der Waals surface area (Å²) in [5, 5.41) is 14.1. The summed E-state index contributed by atoms with van der Waals surface area (Å²) >= 11 is 2.96. The molecule has 0 spiro atoms. The van der Waals surface area contributed by atoms with Gasteiger partial charge in [0.15, 0.2) is 5.82 Å². The highest BCUT2D eigenvalue weighted by atomic mass is 32.2. The highest BCUT2D eigenvalue weighted by Gasteiger charge is 2.51. The molecule has 2 aromatic heterocycles. The molecule has 1 atom stereocenters. The van der Waals surface area contributed by atoms with E-state index in [1.54, 1.807) is 11.3 Å². The molecule has 4 fully saturated rings. The van der Waals surface area contributed by atoms with Crippen LogP contribution in [0.15, 0.2) is 22.7 Å². The Morgan fingerprint density at radius 1 is 1.30 bits per heavy atom. The average Bonchev–Trinajstić information content (AvgIpc) is 3.24. The van der Waals surface area contributed by atoms with E-state index in [2.05, 4.69) is 15.5 Å². The largest absolute Gasteiger partial charge is 0.350 e. The van der Waals surface area contributed by atoms with Crippen LogP contribution in [-0.4, -0.2) is 31.6 Å². The minimum atomic E-state index is -0.249. The number of rotatable bonds is 5. The number of carbonyl (C=O) groups is 1. The van der Waals surface area contributed by atoms with Gasteiger partial charge in [-0.05, 0) is 74.6 Å². The second-order valence-corrected chi connectivity index (χ2v) is 10.9. The number of nitrogens with one attached hydrogen (secondary N) is 1. The van der Waals surface area contributed by atoms with E-state index in [1.165, 1.54) is 55.0 Å². The lowest BCUT2D eigenvalue weighted by Crippen LogP contribution is -2.60. The molecule has 4 saturated carbocycles. The third-order valence-electron chi connectivity index (χ3n) is 6.48. The van der Waals surface area contributed by atoms with Crippen molar-refractivity contribution in [3.63, 3.8) is 0 Å². The number of hydrogen-bond acceptors (Lipinski definition) is 6. The molecule has 2 heterocycles. The van der Waals surface area contributed by atoms with Crippen LogP contribution in [0.2, 0.25) is 0 Å². The Kier molecular flexibility index (Phi) is 4.23. The number of carbonyl (C=O) groups excluding carboxylic acids is 1. The molecule has 2 aromatic rings. The van der Waals surface area contributed by atoms with Crippen molar-refractivity contribution < 1.29 is 4.79 Å². The van der Waals surface area contributed by atoms with E-state index in [1.807, 2.05) is 24.4 Å². The first kappa shape index (κ1) is 17.6. The quantitative estimate of drug-likeness (QED) is 0.591. The van der Waals surface area contributed by atoms with Gasteiger partial charge in [0.1, 0.15) is 0 Å². The fourth-order valence-corrected chi connectivity index (χ4v) is 7.25. The van der Waals surface area contributed by atoms with E-state index in [9.17, 15) is 4.79 Å². The van der Waals surface area contributed by atoms with Crippen LogP contribution < -0.4 is 11.2 Å². The zero-order chi connectivity index (χ0) is 18.6. The molecule has 0 radical (unpaired) electrons. The molecular weight excluding hydrogens is 378 g/mol. The third kappa shape index (κ3) is 3.16. The summed E-state index contributed by atoms with van der Waals surface area (Å²) in [5.74, 6) is 9.37. The normalized spacial score (nSPS) is 32.6. The maximum Gasteiger partial charge on any atom is 0.233 e. The first-order chi connectivity index (χ1) is 13.0. The SMILES string of the molecule is CC(Sc1nnc(-c2cccs2)n1N)C(=O)NC12CC3CC(CC(C3)C1)C2. The number of nitrogen functional groups attached to an aromatic ring is 1. The molecule has 4 aliphatic rings. The Labute approximate surface area is 167 Å². The van der Waals surface area contributed by atoms with Gasteiger partial charge in [-0.25, -0.2) is 4.68 Å². The Bertz CT molecular complexity index is 811. The standard InChI is InChI=1S/C19H25N5OS2/c1-11(27-18-23-22-16(24(18)20)15-3-2-4-26-15)17(25)21-19-8-12-5-13(9-19)7-14(6-12)10-19/h2-4,11-14H,5-10,20H2,1H3,(H,21,25). The van der Waals surface area contributed by atoms with Gasteiger partial charge in [-0.3, -0.25) is 4.79 Å². The van der Waals surface area contributed by atoms with Crippen LogP contribution in [0.5, 0.6) is 0 Å². The monoisotopic (exact) mass is 403 g/mol. The molecule has 27 heavy (non-hydrogen) atoms. The van der Waals surface area contributed by atoms with Crippen molar-refractivity contribution in [3.8, 4) is 10.7 Å². The van der Waals surface area contributed by atoms with E-state index in [0.717, 1.165) is 22.6 Å². The van der Waals surface area contributed by atoms with Crippen molar-refractivity contribution in [3.05, 3.63) is 17.5 Å². The van der Waals surface area contributed by atoms with Gasteiger partial charge in [0.2, 0.25) is 11.1 Å². The molecule has 4 bridgehead atoms. The van der Waals surface area contributed by atoms with Gasteiger partial charge in [-0.15, -0.1) is 21.5 Å². The van der Waals surface area contributed by atoms with E-state index in [4.69, 9.17) is 5.84 Å². The minimum Gasteiger partial charge on any atom is -0.350 e. The Morgan fingerprint density at radius 3 is 2.56 bits per heavy atom. The number of thioether (sulfide) groups is 1. The Hall–Kier alpha value is -1.54. The van der Waals surface area contributed by atoms with Gasteiger partial charge in [0.25, 0.3) is 0 Å². The topological polar surface area (TPSA) is 85.8 Å². The minimum absolute atomic E-state index is 0.0408. The maximum absolute atomic E-state index is 13.0. The second kappa shape index (κ2) is 6.51. The van der Waals surface area contributed by atoms with Gasteiger partial charge in [-0.1, -0.05) is 17.8 Å². The second-order valence-electron chi connectivity index (χ2n) is 8.60. The molecule has 0 aromatic carbocycles. The van der Waals surface area contributed by atoms with Gasteiger partial charge in [-0.2, -0.15) is 0 Å². The van der Waals surface area contributed by atoms with Crippen molar-refractivity contribution in [1.29, 1.82) is 0 Å². The molecule has 1 amide bonds. The molecule has 8 heteroatoms. The predicted octanol–water partition coefficient (Wildman–Crippen LogP) is 3.29. The number of aromatic nitrogens is 3. The first-order valence-corrected chi connectivity index (χ1v) is 11.5. The van der Waals surface area contributed by atoms with Gasteiger partial charge in [0, 0.05) is 5.54 Å². The Balaban J connectivity index is 1.27. The van der Waals surface area contributed by atoms with Crippen molar-refractivity contribution in [2.75, 3.05) is 5.84 Å². The van der Waals surface area contributed by atoms with Crippen molar-refractivity contribution in [2.24, 2.45) is 17.8 Å². The van der Waals surface area contributed by atoms with Gasteiger partial charge >= 0.3 is 0 Å². The summed E-state index contributed by atoms with van der Waals surface area (Å²) in [6, 6.07) is 3.93. The molecule has 6 nitrogen and oxygen atoms in total. The lowest BCUT2D eigenvalue weighted by atomic mass is 9.53. The molecule has 1 unspecified atom stereocenters. The smallest absolute Gasteiger partial charge is 0.233 e. The first-order valence-electron chi connectivity index (χ1n) is 9.74. The number of nitrogens with two attached hydrogens (primary N) is 1. The zero-order valence-corrected chi connectivity index (χ0v) is 17.1. The van der Waals surface area contributed by atoms with Crippen molar-refractivity contribution in [1.82, 2.24) is 20.2 Å². The lowest BCUT2D eigenvalue weighted by Gasteiger charge is -2.57.